The Morgan fingerprint density at radius 2 is 2.00 bits per heavy atom. The lowest BCUT2D eigenvalue weighted by molar-refractivity contribution is 0.0469. The van der Waals surface area contributed by atoms with Gasteiger partial charge in [0.05, 0.1) is 26.3 Å². The Bertz CT molecular complexity index is 838. The molecule has 0 aliphatic carbocycles. The zero-order valence-electron chi connectivity index (χ0n) is 15.3. The van der Waals surface area contributed by atoms with Crippen molar-refractivity contribution in [1.82, 2.24) is 0 Å². The van der Waals surface area contributed by atoms with Gasteiger partial charge in [0.15, 0.2) is 0 Å². The molecule has 0 radical (unpaired) electrons. The molecule has 0 N–H and O–H groups in total. The van der Waals surface area contributed by atoms with Gasteiger partial charge in [-0.25, -0.2) is 4.79 Å². The highest BCUT2D eigenvalue weighted by molar-refractivity contribution is 8.38. The van der Waals surface area contributed by atoms with Crippen LogP contribution in [0.15, 0.2) is 47.5 Å². The van der Waals surface area contributed by atoms with Gasteiger partial charge in [0, 0.05) is 17.1 Å². The van der Waals surface area contributed by atoms with Crippen molar-refractivity contribution in [2.45, 2.75) is 12.4 Å². The maximum atomic E-state index is 12.7. The van der Waals surface area contributed by atoms with Crippen LogP contribution in [0.1, 0.15) is 21.5 Å². The summed E-state index contributed by atoms with van der Waals surface area (Å²) in [6.45, 7) is 0.988. The van der Waals surface area contributed by atoms with Gasteiger partial charge in [0.2, 0.25) is 0 Å². The number of benzene rings is 2. The molecule has 0 atom stereocenters. The van der Waals surface area contributed by atoms with Crippen LogP contribution >= 0.6 is 23.5 Å². The first-order valence-electron chi connectivity index (χ1n) is 8.47. The fraction of sp³-hybridized carbons (Fsp3) is 0.300. The molecule has 7 heteroatoms. The maximum Gasteiger partial charge on any atom is 0.338 e. The number of nitrogens with zero attached hydrogens (tertiary/aromatic N) is 1. The van der Waals surface area contributed by atoms with Gasteiger partial charge in [0.1, 0.15) is 22.5 Å². The van der Waals surface area contributed by atoms with Crippen LogP contribution in [0, 0.1) is 0 Å². The second-order valence-electron chi connectivity index (χ2n) is 5.70. The predicted octanol–water partition coefficient (Wildman–Crippen LogP) is 4.40. The molecule has 1 heterocycles. The summed E-state index contributed by atoms with van der Waals surface area (Å²) >= 11 is 3.42. The summed E-state index contributed by atoms with van der Waals surface area (Å²) in [6, 6.07) is 12.9. The maximum absolute atomic E-state index is 12.7. The number of thioether (sulfide) groups is 2. The highest BCUT2D eigenvalue weighted by Gasteiger charge is 2.16. The molecule has 0 fully saturated rings. The number of aliphatic imine (C=N–C) groups is 1. The van der Waals surface area contributed by atoms with Gasteiger partial charge >= 0.3 is 5.97 Å². The Hall–Kier alpha value is -2.12. The van der Waals surface area contributed by atoms with Crippen molar-refractivity contribution >= 4 is 33.9 Å². The van der Waals surface area contributed by atoms with Gasteiger partial charge in [0.25, 0.3) is 0 Å². The SMILES string of the molecule is COc1ccc(OC)c(COC(=O)c2ccccc2CSC2=NCCS2)c1. The fourth-order valence-electron chi connectivity index (χ4n) is 2.60. The van der Waals surface area contributed by atoms with Crippen molar-refractivity contribution in [2.24, 2.45) is 4.99 Å². The third kappa shape index (κ3) is 5.20. The molecule has 5 nitrogen and oxygen atoms in total. The summed E-state index contributed by atoms with van der Waals surface area (Å²) in [5.41, 5.74) is 2.28. The van der Waals surface area contributed by atoms with Crippen LogP contribution in [0.5, 0.6) is 11.5 Å². The van der Waals surface area contributed by atoms with E-state index >= 15 is 0 Å². The van der Waals surface area contributed by atoms with Gasteiger partial charge in [-0.3, -0.25) is 4.99 Å². The summed E-state index contributed by atoms with van der Waals surface area (Å²) in [6.07, 6.45) is 0. The number of hydrogen-bond acceptors (Lipinski definition) is 7. The summed E-state index contributed by atoms with van der Waals surface area (Å²) in [5.74, 6) is 2.72. The van der Waals surface area contributed by atoms with Gasteiger partial charge in [-0.15, -0.1) is 0 Å². The quantitative estimate of drug-likeness (QED) is 0.639. The van der Waals surface area contributed by atoms with Crippen LogP contribution in [0.2, 0.25) is 0 Å². The number of carbonyl (C=O) groups is 1. The molecule has 0 bridgehead atoms. The summed E-state index contributed by atoms with van der Waals surface area (Å²) in [5, 5.41) is 0. The van der Waals surface area contributed by atoms with E-state index in [9.17, 15) is 4.79 Å². The van der Waals surface area contributed by atoms with Crippen LogP contribution in [-0.4, -0.2) is 36.9 Å². The minimum atomic E-state index is -0.350. The Morgan fingerprint density at radius 1 is 1.15 bits per heavy atom. The van der Waals surface area contributed by atoms with E-state index < -0.39 is 0 Å². The first-order chi connectivity index (χ1) is 13.2. The minimum absolute atomic E-state index is 0.114. The number of rotatable bonds is 7. The highest BCUT2D eigenvalue weighted by Crippen LogP contribution is 2.28. The van der Waals surface area contributed by atoms with Gasteiger partial charge in [-0.1, -0.05) is 41.7 Å². The minimum Gasteiger partial charge on any atom is -0.497 e. The fourth-order valence-corrected chi connectivity index (χ4v) is 4.62. The molecule has 142 valence electrons. The van der Waals surface area contributed by atoms with Crippen molar-refractivity contribution in [3.8, 4) is 11.5 Å². The van der Waals surface area contributed by atoms with Crippen LogP contribution in [0.4, 0.5) is 0 Å². The molecule has 0 aromatic heterocycles. The average molecular weight is 404 g/mol. The lowest BCUT2D eigenvalue weighted by Gasteiger charge is -2.12. The van der Waals surface area contributed by atoms with E-state index in [0.717, 1.165) is 27.8 Å². The molecule has 1 aliphatic rings. The van der Waals surface area contributed by atoms with Crippen molar-refractivity contribution in [3.05, 3.63) is 59.2 Å². The van der Waals surface area contributed by atoms with Gasteiger partial charge in [-0.05, 0) is 29.8 Å². The molecular formula is C20H21NO4S2. The Kier molecular flexibility index (Phi) is 7.06. The molecule has 27 heavy (non-hydrogen) atoms. The molecule has 0 saturated carbocycles. The molecular weight excluding hydrogens is 382 g/mol. The van der Waals surface area contributed by atoms with Crippen LogP contribution < -0.4 is 9.47 Å². The van der Waals surface area contributed by atoms with E-state index in [1.54, 1.807) is 55.9 Å². The van der Waals surface area contributed by atoms with E-state index in [-0.39, 0.29) is 12.6 Å². The molecule has 2 aromatic carbocycles. The molecule has 2 aromatic rings. The van der Waals surface area contributed by atoms with Crippen molar-refractivity contribution < 1.29 is 19.0 Å². The molecule has 1 aliphatic heterocycles. The number of esters is 1. The van der Waals surface area contributed by atoms with E-state index in [4.69, 9.17) is 14.2 Å². The number of methoxy groups -OCH3 is 2. The van der Waals surface area contributed by atoms with Crippen molar-refractivity contribution in [1.29, 1.82) is 0 Å². The first kappa shape index (κ1) is 19.6. The predicted molar refractivity (Wildman–Crippen MR) is 111 cm³/mol. The van der Waals surface area contributed by atoms with Crippen LogP contribution in [0.3, 0.4) is 0 Å². The standard InChI is InChI=1S/C20H21NO4S2/c1-23-16-7-8-18(24-2)15(11-16)12-25-19(22)17-6-4-3-5-14(17)13-27-20-21-9-10-26-20/h3-8,11H,9-10,12-13H2,1-2H3. The molecule has 0 amide bonds. The largest absolute Gasteiger partial charge is 0.497 e. The van der Waals surface area contributed by atoms with E-state index in [2.05, 4.69) is 4.99 Å². The number of carbonyl (C=O) groups excluding carboxylic acids is 1. The monoisotopic (exact) mass is 403 g/mol. The number of ether oxygens (including phenoxy) is 3. The van der Waals surface area contributed by atoms with Crippen LogP contribution in [0.25, 0.3) is 0 Å². The van der Waals surface area contributed by atoms with Gasteiger partial charge < -0.3 is 14.2 Å². The third-order valence-corrected chi connectivity index (χ3v) is 6.29. The summed E-state index contributed by atoms with van der Waals surface area (Å²) in [7, 11) is 3.18. The highest BCUT2D eigenvalue weighted by atomic mass is 32.2. The lowest BCUT2D eigenvalue weighted by Crippen LogP contribution is -2.09. The van der Waals surface area contributed by atoms with Gasteiger partial charge in [-0.2, -0.15) is 0 Å². The van der Waals surface area contributed by atoms with E-state index in [1.165, 1.54) is 0 Å². The average Bonchev–Trinajstić information content (AvgIpc) is 3.24. The van der Waals surface area contributed by atoms with Crippen LogP contribution in [-0.2, 0) is 17.1 Å². The summed E-state index contributed by atoms with van der Waals surface area (Å²) in [4.78, 5) is 17.1. The third-order valence-electron chi connectivity index (χ3n) is 3.99. The normalized spacial score (nSPS) is 13.2. The first-order valence-corrected chi connectivity index (χ1v) is 10.4. The lowest BCUT2D eigenvalue weighted by atomic mass is 10.1. The molecule has 0 spiro atoms. The molecule has 0 unspecified atom stereocenters. The second kappa shape index (κ2) is 9.71. The second-order valence-corrected chi connectivity index (χ2v) is 8.00. The Morgan fingerprint density at radius 3 is 2.74 bits per heavy atom. The topological polar surface area (TPSA) is 57.1 Å². The molecule has 3 rings (SSSR count). The van der Waals surface area contributed by atoms with Crippen molar-refractivity contribution in [2.75, 3.05) is 26.5 Å². The number of hydrogen-bond donors (Lipinski definition) is 0. The summed E-state index contributed by atoms with van der Waals surface area (Å²) < 4.78 is 17.2. The van der Waals surface area contributed by atoms with E-state index in [0.29, 0.717) is 22.8 Å². The zero-order chi connectivity index (χ0) is 19.1. The Balaban J connectivity index is 1.68. The van der Waals surface area contributed by atoms with Crippen molar-refractivity contribution in [3.63, 3.8) is 0 Å². The molecule has 0 saturated heterocycles. The van der Waals surface area contributed by atoms with E-state index in [1.807, 2.05) is 24.3 Å². The smallest absolute Gasteiger partial charge is 0.338 e. The zero-order valence-corrected chi connectivity index (χ0v) is 16.9. The Labute approximate surface area is 167 Å².